The quantitative estimate of drug-likeness (QED) is 0.667. The van der Waals surface area contributed by atoms with Gasteiger partial charge >= 0.3 is 0 Å². The minimum Gasteiger partial charge on any atom is -0.382 e. The molecule has 0 saturated carbocycles. The number of hydrogen-bond acceptors (Lipinski definition) is 3. The van der Waals surface area contributed by atoms with Gasteiger partial charge in [-0.15, -0.1) is 0 Å². The summed E-state index contributed by atoms with van der Waals surface area (Å²) in [6, 6.07) is 0. The van der Waals surface area contributed by atoms with Crippen molar-refractivity contribution in [1.82, 2.24) is 5.32 Å². The third kappa shape index (κ3) is 8.39. The molecule has 15 heavy (non-hydrogen) atoms. The van der Waals surface area contributed by atoms with E-state index in [4.69, 9.17) is 9.47 Å². The Morgan fingerprint density at radius 1 is 1.27 bits per heavy atom. The molecule has 0 aliphatic heterocycles. The van der Waals surface area contributed by atoms with Crippen molar-refractivity contribution in [3.63, 3.8) is 0 Å². The first-order valence-corrected chi connectivity index (χ1v) is 5.45. The molecule has 0 aliphatic rings. The maximum absolute atomic E-state index is 11.0. The Bertz CT molecular complexity index is 173. The van der Waals surface area contributed by atoms with Gasteiger partial charge in [0.1, 0.15) is 0 Å². The van der Waals surface area contributed by atoms with Crippen LogP contribution in [0.15, 0.2) is 0 Å². The maximum Gasteiger partial charge on any atom is 0.219 e. The average Bonchev–Trinajstić information content (AvgIpc) is 2.25. The fourth-order valence-electron chi connectivity index (χ4n) is 1.10. The lowest BCUT2D eigenvalue weighted by molar-refractivity contribution is -0.121. The van der Waals surface area contributed by atoms with Gasteiger partial charge in [0.05, 0.1) is 12.2 Å². The number of nitrogens with one attached hydrogen (secondary N) is 1. The highest BCUT2D eigenvalue weighted by Gasteiger charge is 2.06. The summed E-state index contributed by atoms with van der Waals surface area (Å²) in [6.45, 7) is 4.68. The molecule has 0 spiro atoms. The van der Waals surface area contributed by atoms with Crippen LogP contribution < -0.4 is 5.32 Å². The first-order valence-electron chi connectivity index (χ1n) is 5.45. The molecule has 2 unspecified atom stereocenters. The van der Waals surface area contributed by atoms with Crippen LogP contribution in [0.1, 0.15) is 33.1 Å². The zero-order valence-electron chi connectivity index (χ0n) is 10.2. The lowest BCUT2D eigenvalue weighted by atomic mass is 10.2. The molecule has 2 atom stereocenters. The molecule has 1 N–H and O–H groups in total. The van der Waals surface area contributed by atoms with Gasteiger partial charge in [-0.05, 0) is 26.7 Å². The molecule has 0 aromatic rings. The van der Waals surface area contributed by atoms with Crippen LogP contribution in [-0.4, -0.2) is 38.9 Å². The normalized spacial score (nSPS) is 14.7. The van der Waals surface area contributed by atoms with Crippen LogP contribution in [0.4, 0.5) is 0 Å². The summed E-state index contributed by atoms with van der Waals surface area (Å²) in [5.74, 6) is 0.0655. The van der Waals surface area contributed by atoms with Gasteiger partial charge in [-0.2, -0.15) is 0 Å². The summed E-state index contributed by atoms with van der Waals surface area (Å²) in [7, 11) is 3.34. The molecule has 4 nitrogen and oxygen atoms in total. The van der Waals surface area contributed by atoms with Gasteiger partial charge < -0.3 is 14.8 Å². The SMILES string of the molecule is CNC(=O)CCC(C)OCCC(C)OC. The van der Waals surface area contributed by atoms with E-state index in [0.29, 0.717) is 13.0 Å². The van der Waals surface area contributed by atoms with E-state index >= 15 is 0 Å². The highest BCUT2D eigenvalue weighted by atomic mass is 16.5. The number of carbonyl (C=O) groups is 1. The summed E-state index contributed by atoms with van der Waals surface area (Å²) in [5, 5.41) is 2.59. The molecule has 0 fully saturated rings. The van der Waals surface area contributed by atoms with Gasteiger partial charge in [0.15, 0.2) is 0 Å². The van der Waals surface area contributed by atoms with Crippen LogP contribution in [0.5, 0.6) is 0 Å². The Hall–Kier alpha value is -0.610. The largest absolute Gasteiger partial charge is 0.382 e. The zero-order chi connectivity index (χ0) is 11.7. The third-order valence-electron chi connectivity index (χ3n) is 2.39. The molecule has 0 aromatic carbocycles. The number of methoxy groups -OCH3 is 1. The number of amides is 1. The molecular formula is C11H23NO3. The molecule has 4 heteroatoms. The molecule has 90 valence electrons. The van der Waals surface area contributed by atoms with E-state index in [2.05, 4.69) is 5.32 Å². The monoisotopic (exact) mass is 217 g/mol. The van der Waals surface area contributed by atoms with Gasteiger partial charge in [-0.3, -0.25) is 4.79 Å². The number of hydrogen-bond donors (Lipinski definition) is 1. The Kier molecular flexibility index (Phi) is 8.33. The van der Waals surface area contributed by atoms with Gasteiger partial charge in [-0.25, -0.2) is 0 Å². The van der Waals surface area contributed by atoms with E-state index in [9.17, 15) is 4.79 Å². The van der Waals surface area contributed by atoms with Crippen LogP contribution >= 0.6 is 0 Å². The lowest BCUT2D eigenvalue weighted by Gasteiger charge is -2.14. The molecule has 0 saturated heterocycles. The number of rotatable bonds is 8. The van der Waals surface area contributed by atoms with Crippen molar-refractivity contribution in [2.75, 3.05) is 20.8 Å². The maximum atomic E-state index is 11.0. The smallest absolute Gasteiger partial charge is 0.219 e. The van der Waals surface area contributed by atoms with E-state index < -0.39 is 0 Å². The van der Waals surface area contributed by atoms with Crippen LogP contribution in [-0.2, 0) is 14.3 Å². The van der Waals surface area contributed by atoms with Crippen molar-refractivity contribution in [3.05, 3.63) is 0 Å². The summed E-state index contributed by atoms with van der Waals surface area (Å²) in [5.41, 5.74) is 0. The van der Waals surface area contributed by atoms with Crippen LogP contribution in [0.2, 0.25) is 0 Å². The Balaban J connectivity index is 3.41. The van der Waals surface area contributed by atoms with Crippen molar-refractivity contribution in [2.45, 2.75) is 45.3 Å². The topological polar surface area (TPSA) is 47.6 Å². The molecule has 0 aliphatic carbocycles. The standard InChI is InChI=1S/C11H23NO3/c1-9(14-4)7-8-15-10(2)5-6-11(13)12-3/h9-10H,5-8H2,1-4H3,(H,12,13). The minimum absolute atomic E-state index is 0.0655. The van der Waals surface area contributed by atoms with Gasteiger partial charge in [0, 0.05) is 27.2 Å². The highest BCUT2D eigenvalue weighted by molar-refractivity contribution is 5.75. The first-order chi connectivity index (χ1) is 7.10. The van der Waals surface area contributed by atoms with E-state index in [0.717, 1.165) is 12.8 Å². The molecule has 0 rings (SSSR count). The number of ether oxygens (including phenoxy) is 2. The summed E-state index contributed by atoms with van der Waals surface area (Å²) in [4.78, 5) is 11.0. The molecular weight excluding hydrogens is 194 g/mol. The summed E-state index contributed by atoms with van der Waals surface area (Å²) < 4.78 is 10.7. The van der Waals surface area contributed by atoms with Gasteiger partial charge in [0.25, 0.3) is 0 Å². The first kappa shape index (κ1) is 14.4. The molecule has 0 aromatic heterocycles. The Labute approximate surface area is 92.3 Å². The lowest BCUT2D eigenvalue weighted by Crippen LogP contribution is -2.20. The second-order valence-corrected chi connectivity index (χ2v) is 3.73. The fraction of sp³-hybridized carbons (Fsp3) is 0.909. The van der Waals surface area contributed by atoms with Gasteiger partial charge in [-0.1, -0.05) is 0 Å². The predicted molar refractivity (Wildman–Crippen MR) is 59.8 cm³/mol. The van der Waals surface area contributed by atoms with Crippen molar-refractivity contribution in [1.29, 1.82) is 0 Å². The van der Waals surface area contributed by atoms with Crippen LogP contribution in [0, 0.1) is 0 Å². The van der Waals surface area contributed by atoms with Crippen LogP contribution in [0.3, 0.4) is 0 Å². The minimum atomic E-state index is 0.0655. The highest BCUT2D eigenvalue weighted by Crippen LogP contribution is 2.04. The molecule has 0 heterocycles. The van der Waals surface area contributed by atoms with E-state index in [-0.39, 0.29) is 18.1 Å². The molecule has 1 amide bonds. The van der Waals surface area contributed by atoms with Crippen molar-refractivity contribution >= 4 is 5.91 Å². The average molecular weight is 217 g/mol. The summed E-state index contributed by atoms with van der Waals surface area (Å²) >= 11 is 0. The zero-order valence-corrected chi connectivity index (χ0v) is 10.2. The fourth-order valence-corrected chi connectivity index (χ4v) is 1.10. The van der Waals surface area contributed by atoms with Gasteiger partial charge in [0.2, 0.25) is 5.91 Å². The third-order valence-corrected chi connectivity index (χ3v) is 2.39. The van der Waals surface area contributed by atoms with E-state index in [1.807, 2.05) is 13.8 Å². The summed E-state index contributed by atoms with van der Waals surface area (Å²) in [6.07, 6.45) is 2.54. The van der Waals surface area contributed by atoms with Crippen molar-refractivity contribution in [2.24, 2.45) is 0 Å². The van der Waals surface area contributed by atoms with Crippen molar-refractivity contribution in [3.8, 4) is 0 Å². The Morgan fingerprint density at radius 2 is 1.93 bits per heavy atom. The molecule has 0 bridgehead atoms. The second kappa shape index (κ2) is 8.68. The number of carbonyl (C=O) groups excluding carboxylic acids is 1. The van der Waals surface area contributed by atoms with E-state index in [1.165, 1.54) is 0 Å². The van der Waals surface area contributed by atoms with Crippen molar-refractivity contribution < 1.29 is 14.3 Å². The Morgan fingerprint density at radius 3 is 2.47 bits per heavy atom. The molecule has 0 radical (unpaired) electrons. The predicted octanol–water partition coefficient (Wildman–Crippen LogP) is 1.34. The van der Waals surface area contributed by atoms with Crippen LogP contribution in [0.25, 0.3) is 0 Å². The second-order valence-electron chi connectivity index (χ2n) is 3.73. The van der Waals surface area contributed by atoms with E-state index in [1.54, 1.807) is 14.2 Å².